The van der Waals surface area contributed by atoms with Crippen molar-refractivity contribution in [2.75, 3.05) is 17.8 Å². The Hall–Kier alpha value is -3.68. The van der Waals surface area contributed by atoms with Crippen LogP contribution in [0.5, 0.6) is 5.75 Å². The standard InChI is InChI=1S/C28H35N5O6S2/c1-41-11-10-22(26(36)33-24(28(38)39)13-17-14-30-21-5-3-2-4-19(17)21)31-27(37)23(32-25(35)20(29)15-40)12-16-6-8-18(34)9-7-16/h2-9,14,20,22-24,30,34,40H,10-13,15,29H2,1H3,(H,31,37)(H,32,35)(H,33,36)(H,38,39). The van der Waals surface area contributed by atoms with Gasteiger partial charge in [-0.15, -0.1) is 0 Å². The smallest absolute Gasteiger partial charge is 0.326 e. The molecule has 1 heterocycles. The number of carboxylic acid groups (broad SMARTS) is 1. The number of aromatic nitrogens is 1. The van der Waals surface area contributed by atoms with Crippen LogP contribution < -0.4 is 21.7 Å². The predicted octanol–water partition coefficient (Wildman–Crippen LogP) is 1.21. The molecule has 4 atom stereocenters. The van der Waals surface area contributed by atoms with E-state index in [-0.39, 0.29) is 30.8 Å². The fourth-order valence-electron chi connectivity index (χ4n) is 4.21. The number of thiol groups is 1. The quantitative estimate of drug-likeness (QED) is 0.119. The number of phenolic OH excluding ortho intramolecular Hbond substituents is 1. The number of benzene rings is 2. The molecule has 220 valence electrons. The zero-order valence-electron chi connectivity index (χ0n) is 22.5. The highest BCUT2D eigenvalue weighted by Gasteiger charge is 2.30. The Bertz CT molecular complexity index is 1350. The molecule has 8 N–H and O–H groups in total. The monoisotopic (exact) mass is 601 g/mol. The van der Waals surface area contributed by atoms with Crippen molar-refractivity contribution in [3.8, 4) is 5.75 Å². The molecule has 11 nitrogen and oxygen atoms in total. The number of hydrogen-bond donors (Lipinski definition) is 8. The van der Waals surface area contributed by atoms with Crippen LogP contribution in [0.2, 0.25) is 0 Å². The number of H-pyrrole nitrogens is 1. The topological polar surface area (TPSA) is 187 Å². The third kappa shape index (κ3) is 9.17. The molecular weight excluding hydrogens is 566 g/mol. The Morgan fingerprint density at radius 1 is 0.927 bits per heavy atom. The first-order valence-electron chi connectivity index (χ1n) is 12.9. The normalized spacial score (nSPS) is 14.0. The Morgan fingerprint density at radius 3 is 2.22 bits per heavy atom. The lowest BCUT2D eigenvalue weighted by Gasteiger charge is -2.25. The summed E-state index contributed by atoms with van der Waals surface area (Å²) in [6, 6.07) is 9.24. The summed E-state index contributed by atoms with van der Waals surface area (Å²) in [6.45, 7) is 0. The van der Waals surface area contributed by atoms with Gasteiger partial charge in [-0.2, -0.15) is 24.4 Å². The number of amides is 3. The summed E-state index contributed by atoms with van der Waals surface area (Å²) >= 11 is 5.50. The molecule has 2 aromatic carbocycles. The van der Waals surface area contributed by atoms with Gasteiger partial charge in [0.1, 0.15) is 23.9 Å². The second-order valence-electron chi connectivity index (χ2n) is 9.53. The van der Waals surface area contributed by atoms with Crippen molar-refractivity contribution in [2.45, 2.75) is 43.4 Å². The summed E-state index contributed by atoms with van der Waals surface area (Å²) < 4.78 is 0. The number of phenols is 1. The summed E-state index contributed by atoms with van der Waals surface area (Å²) in [5.74, 6) is -2.47. The summed E-state index contributed by atoms with van der Waals surface area (Å²) in [5, 5.41) is 28.2. The van der Waals surface area contributed by atoms with Crippen molar-refractivity contribution in [1.82, 2.24) is 20.9 Å². The minimum atomic E-state index is -1.24. The number of aromatic hydroxyl groups is 1. The first kappa shape index (κ1) is 31.8. The second kappa shape index (κ2) is 15.4. The largest absolute Gasteiger partial charge is 0.508 e. The average Bonchev–Trinajstić information content (AvgIpc) is 3.37. The Labute approximate surface area is 247 Å². The molecule has 0 fully saturated rings. The lowest BCUT2D eigenvalue weighted by molar-refractivity contribution is -0.142. The van der Waals surface area contributed by atoms with E-state index in [2.05, 4.69) is 33.6 Å². The molecule has 0 aliphatic carbocycles. The van der Waals surface area contributed by atoms with Crippen LogP contribution >= 0.6 is 24.4 Å². The maximum Gasteiger partial charge on any atom is 0.326 e. The number of nitrogens with two attached hydrogens (primary N) is 1. The van der Waals surface area contributed by atoms with Gasteiger partial charge in [-0.05, 0) is 47.8 Å². The van der Waals surface area contributed by atoms with E-state index in [4.69, 9.17) is 5.73 Å². The van der Waals surface area contributed by atoms with Gasteiger partial charge >= 0.3 is 5.97 Å². The molecule has 0 saturated heterocycles. The van der Waals surface area contributed by atoms with Crippen LogP contribution in [0.25, 0.3) is 10.9 Å². The molecule has 0 aliphatic rings. The molecule has 0 bridgehead atoms. The molecule has 3 amide bonds. The SMILES string of the molecule is CSCCC(NC(=O)C(Cc1ccc(O)cc1)NC(=O)C(N)CS)C(=O)NC(Cc1c[nH]c2ccccc12)C(=O)O. The highest BCUT2D eigenvalue weighted by Crippen LogP contribution is 2.19. The number of thioether (sulfide) groups is 1. The van der Waals surface area contributed by atoms with E-state index in [0.717, 1.165) is 16.5 Å². The zero-order valence-corrected chi connectivity index (χ0v) is 24.2. The molecule has 0 spiro atoms. The fourth-order valence-corrected chi connectivity index (χ4v) is 4.85. The molecule has 0 radical (unpaired) electrons. The van der Waals surface area contributed by atoms with E-state index in [1.165, 1.54) is 23.9 Å². The molecule has 0 aliphatic heterocycles. The number of aromatic amines is 1. The number of fused-ring (bicyclic) bond motifs is 1. The molecule has 13 heteroatoms. The Morgan fingerprint density at radius 2 is 1.56 bits per heavy atom. The first-order valence-corrected chi connectivity index (χ1v) is 15.0. The van der Waals surface area contributed by atoms with E-state index in [1.807, 2.05) is 30.5 Å². The predicted molar refractivity (Wildman–Crippen MR) is 162 cm³/mol. The van der Waals surface area contributed by atoms with Gasteiger partial charge in [-0.3, -0.25) is 14.4 Å². The molecule has 3 aromatic rings. The van der Waals surface area contributed by atoms with Crippen LogP contribution in [-0.4, -0.2) is 80.8 Å². The van der Waals surface area contributed by atoms with Crippen LogP contribution in [0.1, 0.15) is 17.5 Å². The molecule has 1 aromatic heterocycles. The average molecular weight is 602 g/mol. The zero-order chi connectivity index (χ0) is 29.9. The minimum absolute atomic E-state index is 0.0371. The highest BCUT2D eigenvalue weighted by molar-refractivity contribution is 7.98. The Kier molecular flexibility index (Phi) is 11.9. The first-order chi connectivity index (χ1) is 19.6. The summed E-state index contributed by atoms with van der Waals surface area (Å²) in [7, 11) is 0. The Balaban J connectivity index is 1.77. The van der Waals surface area contributed by atoms with Crippen molar-refractivity contribution < 1.29 is 29.4 Å². The highest BCUT2D eigenvalue weighted by atomic mass is 32.2. The second-order valence-corrected chi connectivity index (χ2v) is 10.9. The maximum atomic E-state index is 13.4. The van der Waals surface area contributed by atoms with Crippen molar-refractivity contribution in [2.24, 2.45) is 5.73 Å². The van der Waals surface area contributed by atoms with E-state index >= 15 is 0 Å². The van der Waals surface area contributed by atoms with Crippen molar-refractivity contribution in [3.63, 3.8) is 0 Å². The van der Waals surface area contributed by atoms with Crippen LogP contribution in [0.4, 0.5) is 0 Å². The summed E-state index contributed by atoms with van der Waals surface area (Å²) in [4.78, 5) is 54.5. The number of nitrogens with one attached hydrogen (secondary N) is 4. The maximum absolute atomic E-state index is 13.4. The van der Waals surface area contributed by atoms with Crippen molar-refractivity contribution in [3.05, 3.63) is 65.9 Å². The van der Waals surface area contributed by atoms with E-state index in [0.29, 0.717) is 11.3 Å². The molecule has 4 unspecified atom stereocenters. The summed E-state index contributed by atoms with van der Waals surface area (Å²) in [5.41, 5.74) is 8.02. The lowest BCUT2D eigenvalue weighted by Crippen LogP contribution is -2.58. The van der Waals surface area contributed by atoms with Crippen LogP contribution in [-0.2, 0) is 32.0 Å². The number of hydrogen-bond acceptors (Lipinski definition) is 8. The molecule has 41 heavy (non-hydrogen) atoms. The van der Waals surface area contributed by atoms with E-state index in [1.54, 1.807) is 18.3 Å². The van der Waals surface area contributed by atoms with Gasteiger partial charge in [0.15, 0.2) is 0 Å². The van der Waals surface area contributed by atoms with Gasteiger partial charge < -0.3 is 36.9 Å². The van der Waals surface area contributed by atoms with Crippen LogP contribution in [0.15, 0.2) is 54.7 Å². The number of aliphatic carboxylic acids is 1. The lowest BCUT2D eigenvalue weighted by atomic mass is 10.0. The third-order valence-corrected chi connectivity index (χ3v) is 7.54. The van der Waals surface area contributed by atoms with Gasteiger partial charge in [0.25, 0.3) is 0 Å². The summed E-state index contributed by atoms with van der Waals surface area (Å²) in [6.07, 6.45) is 3.89. The van der Waals surface area contributed by atoms with Gasteiger partial charge in [-0.1, -0.05) is 30.3 Å². The minimum Gasteiger partial charge on any atom is -0.508 e. The number of para-hydroxylation sites is 1. The number of carbonyl (C=O) groups excluding carboxylic acids is 3. The van der Waals surface area contributed by atoms with Crippen molar-refractivity contribution in [1.29, 1.82) is 0 Å². The van der Waals surface area contributed by atoms with Gasteiger partial charge in [-0.25, -0.2) is 4.79 Å². The van der Waals surface area contributed by atoms with Crippen molar-refractivity contribution >= 4 is 59.0 Å². The number of carbonyl (C=O) groups is 4. The van der Waals surface area contributed by atoms with Gasteiger partial charge in [0.05, 0.1) is 6.04 Å². The fraction of sp³-hybridized carbons (Fsp3) is 0.357. The van der Waals surface area contributed by atoms with E-state index in [9.17, 15) is 29.4 Å². The van der Waals surface area contributed by atoms with Crippen LogP contribution in [0.3, 0.4) is 0 Å². The molecule has 3 rings (SSSR count). The van der Waals surface area contributed by atoms with Crippen LogP contribution in [0, 0.1) is 0 Å². The number of rotatable bonds is 15. The molecular formula is C28H35N5O6S2. The van der Waals surface area contributed by atoms with Gasteiger partial charge in [0, 0.05) is 35.7 Å². The number of carboxylic acids is 1. The van der Waals surface area contributed by atoms with Gasteiger partial charge in [0.2, 0.25) is 17.7 Å². The molecule has 0 saturated carbocycles. The van der Waals surface area contributed by atoms with E-state index < -0.39 is 47.9 Å². The third-order valence-electron chi connectivity index (χ3n) is 6.50.